The summed E-state index contributed by atoms with van der Waals surface area (Å²) >= 11 is 0. The minimum atomic E-state index is -0.355. The van der Waals surface area contributed by atoms with E-state index in [0.717, 1.165) is 5.56 Å². The summed E-state index contributed by atoms with van der Waals surface area (Å²) in [5.74, 6) is -0.586. The zero-order chi connectivity index (χ0) is 12.7. The molecule has 0 N–H and O–H groups in total. The van der Waals surface area contributed by atoms with Gasteiger partial charge in [-0.3, -0.25) is 9.59 Å². The van der Waals surface area contributed by atoms with Crippen molar-refractivity contribution in [1.82, 2.24) is 0 Å². The van der Waals surface area contributed by atoms with Crippen molar-refractivity contribution in [3.05, 3.63) is 35.9 Å². The average Bonchev–Trinajstić information content (AvgIpc) is 2.30. The summed E-state index contributed by atoms with van der Waals surface area (Å²) in [4.78, 5) is 23.1. The van der Waals surface area contributed by atoms with Crippen LogP contribution in [0.25, 0.3) is 0 Å². The summed E-state index contributed by atoms with van der Waals surface area (Å²) < 4.78 is 4.86. The second-order valence-corrected chi connectivity index (χ2v) is 4.06. The van der Waals surface area contributed by atoms with Gasteiger partial charge in [0.1, 0.15) is 5.78 Å². The average molecular weight is 234 g/mol. The third-order valence-corrected chi connectivity index (χ3v) is 2.47. The minimum Gasteiger partial charge on any atom is -0.466 e. The Kier molecular flexibility index (Phi) is 5.40. The van der Waals surface area contributed by atoms with Crippen LogP contribution in [-0.2, 0) is 20.7 Å². The van der Waals surface area contributed by atoms with Gasteiger partial charge in [0.25, 0.3) is 0 Å². The van der Waals surface area contributed by atoms with Gasteiger partial charge < -0.3 is 4.74 Å². The molecule has 0 bridgehead atoms. The summed E-state index contributed by atoms with van der Waals surface area (Å²) in [5.41, 5.74) is 0.980. The molecule has 0 spiro atoms. The van der Waals surface area contributed by atoms with Gasteiger partial charge in [-0.15, -0.1) is 0 Å². The number of ketones is 1. The molecule has 92 valence electrons. The molecule has 3 nitrogen and oxygen atoms in total. The molecule has 3 heteroatoms. The van der Waals surface area contributed by atoms with Crippen LogP contribution in [0.15, 0.2) is 30.3 Å². The van der Waals surface area contributed by atoms with Gasteiger partial charge in [-0.2, -0.15) is 0 Å². The molecule has 1 atom stereocenters. The van der Waals surface area contributed by atoms with E-state index in [1.165, 1.54) is 0 Å². The van der Waals surface area contributed by atoms with E-state index in [-0.39, 0.29) is 24.1 Å². The normalized spacial score (nSPS) is 11.9. The zero-order valence-electron chi connectivity index (χ0n) is 10.3. The Bertz CT molecular complexity index is 370. The molecule has 0 aliphatic carbocycles. The van der Waals surface area contributed by atoms with E-state index < -0.39 is 0 Å². The van der Waals surface area contributed by atoms with Gasteiger partial charge in [0.2, 0.25) is 0 Å². The van der Waals surface area contributed by atoms with E-state index in [9.17, 15) is 9.59 Å². The molecule has 1 rings (SSSR count). The number of carbonyl (C=O) groups excluding carboxylic acids is 2. The first-order valence-electron chi connectivity index (χ1n) is 5.85. The molecule has 0 radical (unpaired) electrons. The smallest absolute Gasteiger partial charge is 0.309 e. The molecule has 0 heterocycles. The first kappa shape index (κ1) is 13.4. The van der Waals surface area contributed by atoms with Crippen molar-refractivity contribution >= 4 is 11.8 Å². The van der Waals surface area contributed by atoms with Gasteiger partial charge >= 0.3 is 5.97 Å². The van der Waals surface area contributed by atoms with Crippen LogP contribution in [0.5, 0.6) is 0 Å². The molecule has 0 amide bonds. The predicted octanol–water partition coefficient (Wildman–Crippen LogP) is 2.39. The van der Waals surface area contributed by atoms with Crippen LogP contribution in [0.4, 0.5) is 0 Å². The maximum absolute atomic E-state index is 11.7. The van der Waals surface area contributed by atoms with Crippen molar-refractivity contribution in [3.8, 4) is 0 Å². The third kappa shape index (κ3) is 4.81. The first-order valence-corrected chi connectivity index (χ1v) is 5.85. The van der Waals surface area contributed by atoms with E-state index in [1.807, 2.05) is 30.3 Å². The Balaban J connectivity index is 2.42. The number of hydrogen-bond acceptors (Lipinski definition) is 3. The van der Waals surface area contributed by atoms with Crippen LogP contribution < -0.4 is 0 Å². The number of hydrogen-bond donors (Lipinski definition) is 0. The minimum absolute atomic E-state index is 0.0664. The molecule has 1 aromatic carbocycles. The fourth-order valence-electron chi connectivity index (χ4n) is 1.61. The topological polar surface area (TPSA) is 43.4 Å². The van der Waals surface area contributed by atoms with Crippen LogP contribution in [0.2, 0.25) is 0 Å². The monoisotopic (exact) mass is 234 g/mol. The van der Waals surface area contributed by atoms with Crippen LogP contribution in [0, 0.1) is 5.92 Å². The lowest BCUT2D eigenvalue weighted by Gasteiger charge is -2.09. The summed E-state index contributed by atoms with van der Waals surface area (Å²) in [5, 5.41) is 0. The second kappa shape index (κ2) is 6.84. The lowest BCUT2D eigenvalue weighted by Crippen LogP contribution is -2.19. The number of ether oxygens (including phenoxy) is 1. The Morgan fingerprint density at radius 1 is 1.24 bits per heavy atom. The molecular weight excluding hydrogens is 216 g/mol. The molecule has 0 saturated carbocycles. The van der Waals surface area contributed by atoms with Gasteiger partial charge in [0.05, 0.1) is 12.5 Å². The Morgan fingerprint density at radius 3 is 2.47 bits per heavy atom. The highest BCUT2D eigenvalue weighted by molar-refractivity contribution is 5.85. The van der Waals surface area contributed by atoms with Crippen LogP contribution >= 0.6 is 0 Å². The van der Waals surface area contributed by atoms with Crippen molar-refractivity contribution in [1.29, 1.82) is 0 Å². The van der Waals surface area contributed by atoms with Crippen molar-refractivity contribution in [3.63, 3.8) is 0 Å². The van der Waals surface area contributed by atoms with Crippen LogP contribution in [-0.4, -0.2) is 18.4 Å². The molecular formula is C14H18O3. The largest absolute Gasteiger partial charge is 0.466 e. The first-order chi connectivity index (χ1) is 8.13. The summed E-state index contributed by atoms with van der Waals surface area (Å²) in [7, 11) is 0. The maximum Gasteiger partial charge on any atom is 0.309 e. The van der Waals surface area contributed by atoms with Crippen molar-refractivity contribution in [2.45, 2.75) is 26.7 Å². The van der Waals surface area contributed by atoms with Gasteiger partial charge in [-0.25, -0.2) is 0 Å². The summed E-state index contributed by atoms with van der Waals surface area (Å²) in [6.07, 6.45) is 0.623. The fraction of sp³-hybridized carbons (Fsp3) is 0.429. The molecule has 0 aliphatic rings. The number of rotatable bonds is 6. The third-order valence-electron chi connectivity index (χ3n) is 2.47. The van der Waals surface area contributed by atoms with E-state index in [0.29, 0.717) is 13.0 Å². The highest BCUT2D eigenvalue weighted by Crippen LogP contribution is 2.09. The summed E-state index contributed by atoms with van der Waals surface area (Å²) in [6.45, 7) is 3.84. The Morgan fingerprint density at radius 2 is 1.88 bits per heavy atom. The highest BCUT2D eigenvalue weighted by Gasteiger charge is 2.17. The molecule has 0 fully saturated rings. The molecule has 0 unspecified atom stereocenters. The number of Topliss-reactive ketones (excluding diaryl/α,β-unsaturated/α-hetero) is 1. The van der Waals surface area contributed by atoms with Gasteiger partial charge in [0.15, 0.2) is 0 Å². The fourth-order valence-corrected chi connectivity index (χ4v) is 1.61. The SMILES string of the molecule is CCOC(=O)[C@@H](C)CC(=O)Cc1ccccc1. The molecule has 0 aliphatic heterocycles. The molecule has 17 heavy (non-hydrogen) atoms. The summed E-state index contributed by atoms with van der Waals surface area (Å²) in [6, 6.07) is 9.53. The van der Waals surface area contributed by atoms with Crippen molar-refractivity contribution in [2.24, 2.45) is 5.92 Å². The van der Waals surface area contributed by atoms with E-state index in [4.69, 9.17) is 4.74 Å². The number of esters is 1. The van der Waals surface area contributed by atoms with Crippen LogP contribution in [0.3, 0.4) is 0 Å². The lowest BCUT2D eigenvalue weighted by atomic mass is 10.00. The second-order valence-electron chi connectivity index (χ2n) is 4.06. The standard InChI is InChI=1S/C14H18O3/c1-3-17-14(16)11(2)9-13(15)10-12-7-5-4-6-8-12/h4-8,11H,3,9-10H2,1-2H3/t11-/m0/s1. The Labute approximate surface area is 102 Å². The van der Waals surface area contributed by atoms with Gasteiger partial charge in [-0.05, 0) is 12.5 Å². The highest BCUT2D eigenvalue weighted by atomic mass is 16.5. The van der Waals surface area contributed by atoms with Crippen molar-refractivity contribution < 1.29 is 14.3 Å². The number of carbonyl (C=O) groups is 2. The zero-order valence-corrected chi connectivity index (χ0v) is 10.3. The van der Waals surface area contributed by atoms with E-state index in [1.54, 1.807) is 13.8 Å². The van der Waals surface area contributed by atoms with E-state index >= 15 is 0 Å². The van der Waals surface area contributed by atoms with Gasteiger partial charge in [-0.1, -0.05) is 37.3 Å². The predicted molar refractivity (Wildman–Crippen MR) is 65.6 cm³/mol. The van der Waals surface area contributed by atoms with E-state index in [2.05, 4.69) is 0 Å². The van der Waals surface area contributed by atoms with Crippen LogP contribution in [0.1, 0.15) is 25.8 Å². The van der Waals surface area contributed by atoms with Crippen molar-refractivity contribution in [2.75, 3.05) is 6.61 Å². The number of benzene rings is 1. The maximum atomic E-state index is 11.7. The quantitative estimate of drug-likeness (QED) is 0.710. The Hall–Kier alpha value is -1.64. The lowest BCUT2D eigenvalue weighted by molar-refractivity contribution is -0.148. The van der Waals surface area contributed by atoms with Gasteiger partial charge in [0, 0.05) is 12.8 Å². The molecule has 0 aromatic heterocycles. The molecule has 0 saturated heterocycles. The molecule has 1 aromatic rings.